The molecule has 1 heterocycles. The highest BCUT2D eigenvalue weighted by molar-refractivity contribution is 7.92. The second kappa shape index (κ2) is 10.1. The number of benzene rings is 3. The fourth-order valence-corrected chi connectivity index (χ4v) is 3.97. The minimum atomic E-state index is -3.96. The molecule has 9 nitrogen and oxygen atoms in total. The molecule has 0 saturated heterocycles. The van der Waals surface area contributed by atoms with Gasteiger partial charge < -0.3 is 14.8 Å². The topological polar surface area (TPSA) is 122 Å². The molecular formula is C24H22N4O5S. The van der Waals surface area contributed by atoms with Crippen molar-refractivity contribution >= 4 is 27.3 Å². The number of para-hydroxylation sites is 1. The van der Waals surface area contributed by atoms with Crippen LogP contribution in [0.4, 0.5) is 11.4 Å². The van der Waals surface area contributed by atoms with Crippen LogP contribution in [0.25, 0.3) is 0 Å². The van der Waals surface area contributed by atoms with Crippen LogP contribution in [0.2, 0.25) is 0 Å². The Kier molecular flexibility index (Phi) is 6.79. The van der Waals surface area contributed by atoms with Crippen LogP contribution in [0.15, 0.2) is 90.0 Å². The molecule has 0 aliphatic carbocycles. The first-order chi connectivity index (χ1) is 16.4. The van der Waals surface area contributed by atoms with E-state index in [0.29, 0.717) is 35.2 Å². The maximum Gasteiger partial charge on any atom is 0.278 e. The highest BCUT2D eigenvalue weighted by Crippen LogP contribution is 2.23. The smallest absolute Gasteiger partial charge is 0.278 e. The molecular weight excluding hydrogens is 456 g/mol. The Hall–Kier alpha value is -4.31. The highest BCUT2D eigenvalue weighted by Gasteiger charge is 2.20. The van der Waals surface area contributed by atoms with E-state index < -0.39 is 15.9 Å². The van der Waals surface area contributed by atoms with Crippen LogP contribution in [-0.2, 0) is 10.0 Å². The molecule has 0 saturated carbocycles. The molecule has 0 aliphatic rings. The lowest BCUT2D eigenvalue weighted by Gasteiger charge is -2.08. The van der Waals surface area contributed by atoms with Crippen molar-refractivity contribution in [2.45, 2.75) is 11.9 Å². The second-order valence-corrected chi connectivity index (χ2v) is 8.72. The number of carbonyl (C=O) groups excluding carboxylic acids is 1. The third-order valence-corrected chi connectivity index (χ3v) is 5.88. The number of amides is 1. The molecule has 0 spiro atoms. The Morgan fingerprint density at radius 3 is 2.18 bits per heavy atom. The first kappa shape index (κ1) is 22.9. The van der Waals surface area contributed by atoms with Gasteiger partial charge in [-0.05, 0) is 67.6 Å². The van der Waals surface area contributed by atoms with E-state index in [-0.39, 0.29) is 10.7 Å². The number of H-pyrrole nitrogens is 1. The molecule has 3 aromatic carbocycles. The number of nitrogens with zero attached hydrogens (tertiary/aromatic N) is 1. The van der Waals surface area contributed by atoms with E-state index in [2.05, 4.69) is 20.2 Å². The lowest BCUT2D eigenvalue weighted by molar-refractivity contribution is 0.102. The fraction of sp³-hybridized carbons (Fsp3) is 0.0833. The van der Waals surface area contributed by atoms with Gasteiger partial charge in [0.15, 0.2) is 10.7 Å². The molecule has 0 bridgehead atoms. The third-order valence-electron chi connectivity index (χ3n) is 4.59. The SMILES string of the molecule is CCOc1ccc(NS(=O)(=O)c2cc(C(=O)Nc3ccc(Oc4ccccc4)cc3)n[nH]2)cc1. The summed E-state index contributed by atoms with van der Waals surface area (Å²) in [6.45, 7) is 2.37. The number of aromatic nitrogens is 2. The predicted octanol–water partition coefficient (Wildman–Crippen LogP) is 4.65. The standard InChI is InChI=1S/C24H22N4O5S/c1-2-32-19-12-10-18(11-13-19)28-34(30,31)23-16-22(26-27-23)24(29)25-17-8-14-21(15-9-17)33-20-6-4-3-5-7-20/h3-16,28H,2H2,1H3,(H,25,29)(H,26,27). The zero-order chi connectivity index (χ0) is 24.0. The van der Waals surface area contributed by atoms with Crippen molar-refractivity contribution in [3.8, 4) is 17.2 Å². The number of aromatic amines is 1. The van der Waals surface area contributed by atoms with Crippen LogP contribution in [0, 0.1) is 0 Å². The van der Waals surface area contributed by atoms with Crippen molar-refractivity contribution in [2.75, 3.05) is 16.6 Å². The largest absolute Gasteiger partial charge is 0.494 e. The van der Waals surface area contributed by atoms with Gasteiger partial charge in [-0.1, -0.05) is 18.2 Å². The lowest BCUT2D eigenvalue weighted by Crippen LogP contribution is -2.14. The Morgan fingerprint density at radius 1 is 0.882 bits per heavy atom. The Morgan fingerprint density at radius 2 is 1.50 bits per heavy atom. The number of hydrogen-bond donors (Lipinski definition) is 3. The average molecular weight is 479 g/mol. The van der Waals surface area contributed by atoms with Crippen LogP contribution in [-0.4, -0.2) is 31.1 Å². The zero-order valence-corrected chi connectivity index (χ0v) is 19.0. The summed E-state index contributed by atoms with van der Waals surface area (Å²) >= 11 is 0. The van der Waals surface area contributed by atoms with Crippen LogP contribution in [0.3, 0.4) is 0 Å². The number of carbonyl (C=O) groups is 1. The molecule has 174 valence electrons. The van der Waals surface area contributed by atoms with Crippen molar-refractivity contribution in [1.29, 1.82) is 0 Å². The summed E-state index contributed by atoms with van der Waals surface area (Å²) in [5, 5.41) is 8.66. The lowest BCUT2D eigenvalue weighted by atomic mass is 10.3. The fourth-order valence-electron chi connectivity index (χ4n) is 2.98. The van der Waals surface area contributed by atoms with E-state index in [9.17, 15) is 13.2 Å². The normalized spacial score (nSPS) is 11.0. The first-order valence-electron chi connectivity index (χ1n) is 10.4. The molecule has 1 amide bonds. The van der Waals surface area contributed by atoms with Crippen LogP contribution < -0.4 is 19.5 Å². The summed E-state index contributed by atoms with van der Waals surface area (Å²) in [7, 11) is -3.96. The number of sulfonamides is 1. The summed E-state index contributed by atoms with van der Waals surface area (Å²) < 4.78 is 38.8. The second-order valence-electron chi connectivity index (χ2n) is 7.07. The van der Waals surface area contributed by atoms with Crippen LogP contribution in [0.1, 0.15) is 17.4 Å². The van der Waals surface area contributed by atoms with Gasteiger partial charge in [0, 0.05) is 17.4 Å². The molecule has 0 aliphatic heterocycles. The van der Waals surface area contributed by atoms with Gasteiger partial charge in [0.05, 0.1) is 6.61 Å². The van der Waals surface area contributed by atoms with Gasteiger partial charge in [0.25, 0.3) is 15.9 Å². The molecule has 10 heteroatoms. The molecule has 4 rings (SSSR count). The molecule has 1 aromatic heterocycles. The van der Waals surface area contributed by atoms with Crippen LogP contribution >= 0.6 is 0 Å². The Bertz CT molecular complexity index is 1350. The van der Waals surface area contributed by atoms with Gasteiger partial charge >= 0.3 is 0 Å². The van der Waals surface area contributed by atoms with Crippen LogP contribution in [0.5, 0.6) is 17.2 Å². The van der Waals surface area contributed by atoms with Gasteiger partial charge in [0.1, 0.15) is 17.2 Å². The van der Waals surface area contributed by atoms with E-state index in [1.165, 1.54) is 6.07 Å². The molecule has 0 atom stereocenters. The maximum atomic E-state index is 12.6. The van der Waals surface area contributed by atoms with Gasteiger partial charge in [-0.15, -0.1) is 0 Å². The number of ether oxygens (including phenoxy) is 2. The van der Waals surface area contributed by atoms with Crippen molar-refractivity contribution in [3.63, 3.8) is 0 Å². The average Bonchev–Trinajstić information content (AvgIpc) is 3.34. The maximum absolute atomic E-state index is 12.6. The monoisotopic (exact) mass is 478 g/mol. The molecule has 34 heavy (non-hydrogen) atoms. The summed E-state index contributed by atoms with van der Waals surface area (Å²) in [5.74, 6) is 1.38. The quantitative estimate of drug-likeness (QED) is 0.322. The van der Waals surface area contributed by atoms with E-state index in [1.807, 2.05) is 37.3 Å². The van der Waals surface area contributed by atoms with Gasteiger partial charge in [-0.3, -0.25) is 14.6 Å². The number of rotatable bonds is 9. The minimum absolute atomic E-state index is 0.0725. The van der Waals surface area contributed by atoms with Crippen molar-refractivity contribution in [2.24, 2.45) is 0 Å². The van der Waals surface area contributed by atoms with Gasteiger partial charge in [-0.2, -0.15) is 13.5 Å². The third kappa shape index (κ3) is 5.73. The number of anilines is 2. The molecule has 0 fully saturated rings. The molecule has 0 unspecified atom stereocenters. The summed E-state index contributed by atoms with van der Waals surface area (Å²) in [6.07, 6.45) is 0. The van der Waals surface area contributed by atoms with E-state index in [0.717, 1.165) is 0 Å². The Labute approximate surface area is 196 Å². The minimum Gasteiger partial charge on any atom is -0.494 e. The number of nitrogens with one attached hydrogen (secondary N) is 3. The summed E-state index contributed by atoms with van der Waals surface area (Å²) in [5.41, 5.74) is 0.781. The van der Waals surface area contributed by atoms with E-state index in [4.69, 9.17) is 9.47 Å². The van der Waals surface area contributed by atoms with Crippen molar-refractivity contribution in [1.82, 2.24) is 10.2 Å². The van der Waals surface area contributed by atoms with Gasteiger partial charge in [0.2, 0.25) is 0 Å². The van der Waals surface area contributed by atoms with Gasteiger partial charge in [-0.25, -0.2) is 0 Å². The van der Waals surface area contributed by atoms with Crippen molar-refractivity contribution < 1.29 is 22.7 Å². The molecule has 0 radical (unpaired) electrons. The van der Waals surface area contributed by atoms with E-state index >= 15 is 0 Å². The zero-order valence-electron chi connectivity index (χ0n) is 18.2. The Balaban J connectivity index is 1.38. The molecule has 3 N–H and O–H groups in total. The predicted molar refractivity (Wildman–Crippen MR) is 128 cm³/mol. The highest BCUT2D eigenvalue weighted by atomic mass is 32.2. The van der Waals surface area contributed by atoms with Crippen molar-refractivity contribution in [3.05, 3.63) is 90.6 Å². The van der Waals surface area contributed by atoms with E-state index in [1.54, 1.807) is 48.5 Å². The summed E-state index contributed by atoms with van der Waals surface area (Å²) in [6, 6.07) is 23.7. The summed E-state index contributed by atoms with van der Waals surface area (Å²) in [4.78, 5) is 12.5. The number of hydrogen-bond acceptors (Lipinski definition) is 6. The first-order valence-corrected chi connectivity index (χ1v) is 11.9. The molecule has 4 aromatic rings.